The maximum atomic E-state index is 11.6. The van der Waals surface area contributed by atoms with E-state index in [9.17, 15) is 3.89 Å². The molecule has 0 heterocycles. The summed E-state index contributed by atoms with van der Waals surface area (Å²) in [5.74, 6) is 0. The molecule has 0 aromatic heterocycles. The molecule has 0 aromatic carbocycles. The van der Waals surface area contributed by atoms with Crippen molar-refractivity contribution >= 4 is 29.5 Å². The molecule has 0 fully saturated rings. The highest BCUT2D eigenvalue weighted by Crippen LogP contribution is 1.92. The van der Waals surface area contributed by atoms with Crippen LogP contribution in [-0.2, 0) is 20.1 Å². The van der Waals surface area contributed by atoms with Gasteiger partial charge in [0, 0.05) is 11.2 Å². The van der Waals surface area contributed by atoms with Gasteiger partial charge in [-0.3, -0.25) is 0 Å². The van der Waals surface area contributed by atoms with E-state index in [1.807, 2.05) is 0 Å². The third-order valence-corrected chi connectivity index (χ3v) is 2.07. The molecule has 0 aliphatic carbocycles. The first kappa shape index (κ1) is 6.69. The van der Waals surface area contributed by atoms with Crippen LogP contribution in [0.15, 0.2) is 4.13 Å². The van der Waals surface area contributed by atoms with Crippen molar-refractivity contribution in [2.45, 2.75) is 0 Å². The summed E-state index contributed by atoms with van der Waals surface area (Å²) in [4.78, 5) is 0. The van der Waals surface area contributed by atoms with Crippen molar-refractivity contribution in [3.8, 4) is 0 Å². The van der Waals surface area contributed by atoms with Gasteiger partial charge >= 0.3 is 0 Å². The minimum atomic E-state index is -2.99. The van der Waals surface area contributed by atoms with Crippen LogP contribution < -0.4 is 5.14 Å². The Morgan fingerprint density at radius 1 is 2.00 bits per heavy atom. The summed E-state index contributed by atoms with van der Waals surface area (Å²) in [6.45, 7) is 0. The van der Waals surface area contributed by atoms with E-state index in [0.29, 0.717) is 0 Å². The van der Waals surface area contributed by atoms with Gasteiger partial charge in [-0.05, 0) is 9.39 Å². The van der Waals surface area contributed by atoms with E-state index < -0.39 is 8.96 Å². The number of hydrogen-bond donors (Lipinski definition) is 1. The molecular formula is H4FN2PS2. The van der Waals surface area contributed by atoms with Crippen LogP contribution in [0.1, 0.15) is 0 Å². The number of halogens is 1. The molecule has 0 aliphatic rings. The van der Waals surface area contributed by atoms with Gasteiger partial charge in [-0.25, -0.2) is 9.27 Å². The fraction of sp³-hybridized carbons (Fsp3) is 0. The minimum absolute atomic E-state index is 1.78. The zero-order valence-corrected chi connectivity index (χ0v) is 5.58. The quantitative estimate of drug-likeness (QED) is 0.395. The fourth-order valence-electron chi connectivity index (χ4n) is 0. The summed E-state index contributed by atoms with van der Waals surface area (Å²) in [7, 11) is -1.21. The van der Waals surface area contributed by atoms with Crippen molar-refractivity contribution in [2.24, 2.45) is 9.27 Å². The number of rotatable bonds is 0. The Labute approximate surface area is 43.3 Å². The zero-order chi connectivity index (χ0) is 5.21. The second-order valence-electron chi connectivity index (χ2n) is 0.603. The molecule has 0 aliphatic heterocycles. The fourth-order valence-corrected chi connectivity index (χ4v) is 0. The lowest BCUT2D eigenvalue weighted by Gasteiger charge is -1.82. The molecule has 0 aromatic rings. The lowest BCUT2D eigenvalue weighted by atomic mass is 13.9. The first-order valence-electron chi connectivity index (χ1n) is 0.997. The molecule has 2 N–H and O–H groups in total. The van der Waals surface area contributed by atoms with Crippen molar-refractivity contribution in [1.29, 1.82) is 0 Å². The molecule has 2 nitrogen and oxygen atoms in total. The zero-order valence-electron chi connectivity index (χ0n) is 2.80. The van der Waals surface area contributed by atoms with Crippen molar-refractivity contribution in [1.82, 2.24) is 0 Å². The molecule has 2 atom stereocenters. The number of nitrogens with two attached hydrogens (primary N) is 1. The van der Waals surface area contributed by atoms with Crippen molar-refractivity contribution in [3.63, 3.8) is 0 Å². The molecule has 0 spiro atoms. The Balaban J connectivity index is 4.24. The molecule has 0 bridgehead atoms. The third kappa shape index (κ3) is 4.69. The molecular weight excluding hydrogens is 142 g/mol. The Hall–Kier alpha value is 0.690. The van der Waals surface area contributed by atoms with Crippen LogP contribution in [0.3, 0.4) is 0 Å². The Morgan fingerprint density at radius 2 is 2.17 bits per heavy atom. The number of hydrogen-bond acceptors (Lipinski definition) is 2. The van der Waals surface area contributed by atoms with Gasteiger partial charge in [-0.2, -0.15) is 0 Å². The molecule has 0 amide bonds. The Bertz CT molecular complexity index is 124. The van der Waals surface area contributed by atoms with Gasteiger partial charge in [-0.1, -0.05) is 0 Å². The lowest BCUT2D eigenvalue weighted by molar-refractivity contribution is 0.918. The standard InChI is InChI=1S/FH4N2PS2/c1-6(2,5)3-4/h4H2,(H2,2,3,5). The topological polar surface area (TPSA) is 38.4 Å². The van der Waals surface area contributed by atoms with Crippen LogP contribution in [-0.4, -0.2) is 0 Å². The summed E-state index contributed by atoms with van der Waals surface area (Å²) in [6, 6.07) is 0. The molecule has 6 heteroatoms. The highest BCUT2D eigenvalue weighted by molar-refractivity contribution is 8.30. The van der Waals surface area contributed by atoms with Crippen molar-refractivity contribution in [2.75, 3.05) is 0 Å². The average Bonchev–Trinajstić information content (AvgIpc) is 1.35. The molecule has 6 heavy (non-hydrogen) atoms. The van der Waals surface area contributed by atoms with E-state index in [0.717, 1.165) is 0 Å². The smallest absolute Gasteiger partial charge is 0.141 e. The van der Waals surface area contributed by atoms with Gasteiger partial charge in [0.15, 0.2) is 0 Å². The van der Waals surface area contributed by atoms with E-state index in [4.69, 9.17) is 0 Å². The van der Waals surface area contributed by atoms with E-state index in [1.165, 1.54) is 0 Å². The van der Waals surface area contributed by atoms with Gasteiger partial charge in [0.1, 0.15) is 8.96 Å². The van der Waals surface area contributed by atoms with E-state index >= 15 is 0 Å². The summed E-state index contributed by atoms with van der Waals surface area (Å²) in [6.07, 6.45) is 0. The summed E-state index contributed by atoms with van der Waals surface area (Å²) < 4.78 is 14.6. The molecule has 0 saturated heterocycles. The van der Waals surface area contributed by atoms with Crippen LogP contribution in [0.2, 0.25) is 0 Å². The Morgan fingerprint density at radius 3 is 2.17 bits per heavy atom. The second-order valence-corrected chi connectivity index (χ2v) is 3.84. The van der Waals surface area contributed by atoms with E-state index in [-0.39, 0.29) is 0 Å². The van der Waals surface area contributed by atoms with Crippen LogP contribution in [0.4, 0.5) is 3.89 Å². The highest BCUT2D eigenvalue weighted by atomic mass is 32.9. The molecule has 0 radical (unpaired) electrons. The van der Waals surface area contributed by atoms with Gasteiger partial charge in [0.2, 0.25) is 0 Å². The first-order valence-corrected chi connectivity index (χ1v) is 3.99. The van der Waals surface area contributed by atoms with Crippen LogP contribution in [0.25, 0.3) is 0 Å². The predicted octanol–water partition coefficient (Wildman–Crippen LogP) is 0.334. The van der Waals surface area contributed by atoms with E-state index in [1.54, 1.807) is 9.39 Å². The third-order valence-electron chi connectivity index (χ3n) is 0.144. The molecule has 2 unspecified atom stereocenters. The maximum absolute atomic E-state index is 11.6. The maximum Gasteiger partial charge on any atom is 0.141 e. The molecule has 0 rings (SSSR count). The second kappa shape index (κ2) is 2.12. The molecule has 38 valence electrons. The van der Waals surface area contributed by atoms with Gasteiger partial charge in [0.25, 0.3) is 0 Å². The monoisotopic (exact) mass is 146 g/mol. The Kier molecular flexibility index (Phi) is 2.36. The lowest BCUT2D eigenvalue weighted by Crippen LogP contribution is -1.98. The minimum Gasteiger partial charge on any atom is -0.241 e. The van der Waals surface area contributed by atoms with Crippen LogP contribution in [0, 0.1) is 0 Å². The summed E-state index contributed by atoms with van der Waals surface area (Å²) >= 11 is 3.99. The normalized spacial score (nSPS) is 19.2. The van der Waals surface area contributed by atoms with E-state index in [2.05, 4.69) is 20.5 Å². The molecule has 0 saturated carbocycles. The van der Waals surface area contributed by atoms with Crippen molar-refractivity contribution in [3.05, 3.63) is 0 Å². The number of nitrogens with zero attached hydrogens (tertiary/aromatic N) is 1. The predicted molar refractivity (Wildman–Crippen MR) is 32.2 cm³/mol. The van der Waals surface area contributed by atoms with Gasteiger partial charge in [0.05, 0.1) is 0 Å². The largest absolute Gasteiger partial charge is 0.241 e. The summed E-state index contributed by atoms with van der Waals surface area (Å²) in [5.41, 5.74) is 0. The average molecular weight is 146 g/mol. The first-order chi connectivity index (χ1) is 2.56. The van der Waals surface area contributed by atoms with Crippen LogP contribution >= 0.6 is 9.39 Å². The van der Waals surface area contributed by atoms with Crippen LogP contribution in [0.5, 0.6) is 0 Å². The van der Waals surface area contributed by atoms with Gasteiger partial charge in [-0.15, -0.1) is 3.89 Å². The SMILES string of the molecule is NS(F)(=S)=NP. The van der Waals surface area contributed by atoms with Gasteiger partial charge < -0.3 is 0 Å². The highest BCUT2D eigenvalue weighted by Gasteiger charge is 1.79. The summed E-state index contributed by atoms with van der Waals surface area (Å²) in [5, 5.41) is 4.58. The van der Waals surface area contributed by atoms with Crippen molar-refractivity contribution < 1.29 is 3.89 Å².